The smallest absolute Gasteiger partial charge is 0.280 e. The number of anilines is 1. The Hall–Kier alpha value is -3.44. The first-order valence-electron chi connectivity index (χ1n) is 8.28. The van der Waals surface area contributed by atoms with Crippen LogP contribution in [0.15, 0.2) is 78.9 Å². The van der Waals surface area contributed by atoms with E-state index in [2.05, 4.69) is 10.4 Å². The third kappa shape index (κ3) is 3.20. The standard InChI is InChI=1S/C21H14ClN3O2/c22-17-12-6-4-10-15(17)21(27)25-18-13-7-5-11-16(18)19(24-25)20(26)23-14-8-2-1-3-9-14/h1-13H,(H,23,26). The maximum Gasteiger partial charge on any atom is 0.280 e. The van der Waals surface area contributed by atoms with Crippen molar-refractivity contribution in [3.8, 4) is 0 Å². The highest BCUT2D eigenvalue weighted by molar-refractivity contribution is 6.34. The zero-order valence-corrected chi connectivity index (χ0v) is 14.9. The number of fused-ring (bicyclic) bond motifs is 1. The highest BCUT2D eigenvalue weighted by atomic mass is 35.5. The average molecular weight is 376 g/mol. The van der Waals surface area contributed by atoms with Crippen LogP contribution in [0.5, 0.6) is 0 Å². The SMILES string of the molecule is O=C(Nc1ccccc1)c1nn(C(=O)c2ccccc2Cl)c2ccccc12. The fraction of sp³-hybridized carbons (Fsp3) is 0. The van der Waals surface area contributed by atoms with Crippen molar-refractivity contribution >= 4 is 40.0 Å². The Balaban J connectivity index is 1.79. The number of para-hydroxylation sites is 2. The van der Waals surface area contributed by atoms with E-state index in [1.807, 2.05) is 18.2 Å². The molecule has 0 saturated heterocycles. The minimum Gasteiger partial charge on any atom is -0.321 e. The van der Waals surface area contributed by atoms with Crippen molar-refractivity contribution < 1.29 is 9.59 Å². The molecule has 0 aliphatic heterocycles. The maximum atomic E-state index is 13.0. The average Bonchev–Trinajstić information content (AvgIpc) is 3.08. The molecular formula is C21H14ClN3O2. The van der Waals surface area contributed by atoms with Crippen molar-refractivity contribution in [3.05, 3.63) is 95.1 Å². The van der Waals surface area contributed by atoms with Gasteiger partial charge in [-0.25, -0.2) is 0 Å². The molecule has 0 unspecified atom stereocenters. The lowest BCUT2D eigenvalue weighted by molar-refractivity contribution is 0.0949. The molecule has 5 nitrogen and oxygen atoms in total. The lowest BCUT2D eigenvalue weighted by Gasteiger charge is -2.04. The number of hydrogen-bond donors (Lipinski definition) is 1. The van der Waals surface area contributed by atoms with Crippen LogP contribution in [0, 0.1) is 0 Å². The van der Waals surface area contributed by atoms with Gasteiger partial charge in [0.15, 0.2) is 5.69 Å². The molecule has 0 fully saturated rings. The highest BCUT2D eigenvalue weighted by Crippen LogP contribution is 2.23. The van der Waals surface area contributed by atoms with Crippen LogP contribution in [0.25, 0.3) is 10.9 Å². The Morgan fingerprint density at radius 3 is 2.30 bits per heavy atom. The summed E-state index contributed by atoms with van der Waals surface area (Å²) in [6.45, 7) is 0. The fourth-order valence-corrected chi connectivity index (χ4v) is 3.07. The van der Waals surface area contributed by atoms with Crippen LogP contribution in [0.1, 0.15) is 20.8 Å². The van der Waals surface area contributed by atoms with E-state index < -0.39 is 5.91 Å². The van der Waals surface area contributed by atoms with E-state index in [4.69, 9.17) is 11.6 Å². The highest BCUT2D eigenvalue weighted by Gasteiger charge is 2.22. The largest absolute Gasteiger partial charge is 0.321 e. The molecule has 1 N–H and O–H groups in total. The monoisotopic (exact) mass is 375 g/mol. The summed E-state index contributed by atoms with van der Waals surface area (Å²) >= 11 is 6.16. The summed E-state index contributed by atoms with van der Waals surface area (Å²) in [4.78, 5) is 25.7. The van der Waals surface area contributed by atoms with Crippen molar-refractivity contribution in [2.45, 2.75) is 0 Å². The summed E-state index contributed by atoms with van der Waals surface area (Å²) in [6.07, 6.45) is 0. The number of halogens is 1. The topological polar surface area (TPSA) is 64.0 Å². The van der Waals surface area contributed by atoms with Gasteiger partial charge < -0.3 is 5.32 Å². The first kappa shape index (κ1) is 17.0. The number of nitrogens with one attached hydrogen (secondary N) is 1. The summed E-state index contributed by atoms with van der Waals surface area (Å²) in [6, 6.07) is 22.9. The third-order valence-corrected chi connectivity index (χ3v) is 4.46. The molecule has 4 aromatic rings. The first-order chi connectivity index (χ1) is 13.1. The number of amides is 1. The van der Waals surface area contributed by atoms with Gasteiger partial charge >= 0.3 is 0 Å². The molecule has 3 aromatic carbocycles. The molecule has 0 spiro atoms. The molecule has 0 aliphatic carbocycles. The molecule has 0 aliphatic rings. The molecule has 1 amide bonds. The summed E-state index contributed by atoms with van der Waals surface area (Å²) in [5, 5.41) is 8.02. The quantitative estimate of drug-likeness (QED) is 0.567. The van der Waals surface area contributed by atoms with Crippen LogP contribution in [-0.4, -0.2) is 21.6 Å². The van der Waals surface area contributed by atoms with Gasteiger partial charge in [0.2, 0.25) is 0 Å². The Kier molecular flexibility index (Phi) is 4.44. The molecule has 0 saturated carbocycles. The first-order valence-corrected chi connectivity index (χ1v) is 8.66. The van der Waals surface area contributed by atoms with Gasteiger partial charge in [0.1, 0.15) is 0 Å². The molecule has 27 heavy (non-hydrogen) atoms. The predicted octanol–water partition coefficient (Wildman–Crippen LogP) is 4.63. The number of benzene rings is 3. The van der Waals surface area contributed by atoms with Crippen LogP contribution in [0.4, 0.5) is 5.69 Å². The summed E-state index contributed by atoms with van der Waals surface area (Å²) in [7, 11) is 0. The number of carbonyl (C=O) groups is 2. The van der Waals surface area contributed by atoms with Gasteiger partial charge in [-0.15, -0.1) is 0 Å². The molecule has 0 radical (unpaired) electrons. The second kappa shape index (κ2) is 7.05. The Morgan fingerprint density at radius 1 is 0.852 bits per heavy atom. The fourth-order valence-electron chi connectivity index (χ4n) is 2.85. The molecular weight excluding hydrogens is 362 g/mol. The molecule has 1 heterocycles. The van der Waals surface area contributed by atoms with Crippen LogP contribution in [0.2, 0.25) is 5.02 Å². The molecule has 0 atom stereocenters. The second-order valence-corrected chi connectivity index (χ2v) is 6.29. The summed E-state index contributed by atoms with van der Waals surface area (Å²) in [5.74, 6) is -0.779. The normalized spacial score (nSPS) is 10.7. The zero-order chi connectivity index (χ0) is 18.8. The van der Waals surface area contributed by atoms with Crippen molar-refractivity contribution in [2.24, 2.45) is 0 Å². The lowest BCUT2D eigenvalue weighted by atomic mass is 10.2. The number of nitrogens with zero attached hydrogens (tertiary/aromatic N) is 2. The zero-order valence-electron chi connectivity index (χ0n) is 14.1. The maximum absolute atomic E-state index is 13.0. The van der Waals surface area contributed by atoms with Gasteiger partial charge in [0, 0.05) is 11.1 Å². The van der Waals surface area contributed by atoms with Crippen molar-refractivity contribution in [1.29, 1.82) is 0 Å². The Labute approximate surface area is 160 Å². The van der Waals surface area contributed by atoms with Gasteiger partial charge in [0.05, 0.1) is 16.1 Å². The van der Waals surface area contributed by atoms with Crippen LogP contribution in [-0.2, 0) is 0 Å². The van der Waals surface area contributed by atoms with Gasteiger partial charge in [-0.2, -0.15) is 9.78 Å². The summed E-state index contributed by atoms with van der Waals surface area (Å²) in [5.41, 5.74) is 1.69. The van der Waals surface area contributed by atoms with E-state index in [-0.39, 0.29) is 11.6 Å². The van der Waals surface area contributed by atoms with Gasteiger partial charge in [0.25, 0.3) is 11.8 Å². The van der Waals surface area contributed by atoms with Gasteiger partial charge in [-0.05, 0) is 30.3 Å². The van der Waals surface area contributed by atoms with Crippen LogP contribution >= 0.6 is 11.6 Å². The van der Waals surface area contributed by atoms with E-state index in [1.165, 1.54) is 4.68 Å². The molecule has 4 rings (SSSR count). The second-order valence-electron chi connectivity index (χ2n) is 5.88. The van der Waals surface area contributed by atoms with Crippen LogP contribution < -0.4 is 5.32 Å². The van der Waals surface area contributed by atoms with Crippen LogP contribution in [0.3, 0.4) is 0 Å². The number of carbonyl (C=O) groups excluding carboxylic acids is 2. The minimum absolute atomic E-state index is 0.176. The van der Waals surface area contributed by atoms with Crippen molar-refractivity contribution in [1.82, 2.24) is 9.78 Å². The molecule has 6 heteroatoms. The predicted molar refractivity (Wildman–Crippen MR) is 105 cm³/mol. The lowest BCUT2D eigenvalue weighted by Crippen LogP contribution is -2.17. The number of hydrogen-bond acceptors (Lipinski definition) is 3. The molecule has 132 valence electrons. The Morgan fingerprint density at radius 2 is 1.52 bits per heavy atom. The molecule has 1 aromatic heterocycles. The number of aromatic nitrogens is 2. The van der Waals surface area contributed by atoms with E-state index in [1.54, 1.807) is 60.7 Å². The Bertz CT molecular complexity index is 1150. The van der Waals surface area contributed by atoms with E-state index in [0.717, 1.165) is 0 Å². The van der Waals surface area contributed by atoms with Gasteiger partial charge in [-0.1, -0.05) is 60.1 Å². The summed E-state index contributed by atoms with van der Waals surface area (Å²) < 4.78 is 1.22. The van der Waals surface area contributed by atoms with Gasteiger partial charge in [-0.3, -0.25) is 9.59 Å². The van der Waals surface area contributed by atoms with Crippen molar-refractivity contribution in [3.63, 3.8) is 0 Å². The van der Waals surface area contributed by atoms with E-state index in [9.17, 15) is 9.59 Å². The van der Waals surface area contributed by atoms with Crippen molar-refractivity contribution in [2.75, 3.05) is 5.32 Å². The number of rotatable bonds is 3. The molecule has 0 bridgehead atoms. The minimum atomic E-state index is -0.393. The third-order valence-electron chi connectivity index (χ3n) is 4.13. The van der Waals surface area contributed by atoms with E-state index >= 15 is 0 Å². The van der Waals surface area contributed by atoms with E-state index in [0.29, 0.717) is 27.2 Å².